The van der Waals surface area contributed by atoms with Crippen molar-refractivity contribution in [2.24, 2.45) is 21.2 Å². The number of hydrogen-bond donors (Lipinski definition) is 1. The summed E-state index contributed by atoms with van der Waals surface area (Å²) in [4.78, 5) is 31.8. The summed E-state index contributed by atoms with van der Waals surface area (Å²) in [7, 11) is -2.24. The number of hydrogen-bond acceptors (Lipinski definition) is 6. The third-order valence-electron chi connectivity index (χ3n) is 2.76. The monoisotopic (exact) mass is 387 g/mol. The number of ether oxygens (including phenoxy) is 1. The number of amides is 2. The average molecular weight is 388 g/mol. The molecular formula is C16H25N3O4S2. The number of aliphatic imine (C=N–C) groups is 1. The van der Waals surface area contributed by atoms with E-state index in [1.54, 1.807) is 33.1 Å². The summed E-state index contributed by atoms with van der Waals surface area (Å²) in [5.41, 5.74) is 0.0683. The Labute approximate surface area is 154 Å². The second-order valence-electron chi connectivity index (χ2n) is 6.98. The van der Waals surface area contributed by atoms with E-state index >= 15 is 0 Å². The van der Waals surface area contributed by atoms with Gasteiger partial charge in [0.1, 0.15) is 5.60 Å². The van der Waals surface area contributed by atoms with Crippen LogP contribution < -0.4 is 0 Å². The van der Waals surface area contributed by atoms with Crippen molar-refractivity contribution in [3.8, 4) is 0 Å². The van der Waals surface area contributed by atoms with Gasteiger partial charge in [-0.2, -0.15) is 9.36 Å². The van der Waals surface area contributed by atoms with E-state index < -0.39 is 34.1 Å². The quantitative estimate of drug-likeness (QED) is 0.614. The Kier molecular flexibility index (Phi) is 7.88. The normalized spacial score (nSPS) is 14.8. The maximum atomic E-state index is 12.4. The molecule has 0 aromatic carbocycles. The zero-order chi connectivity index (χ0) is 19.2. The average Bonchev–Trinajstić information content (AvgIpc) is 2.87. The second-order valence-corrected chi connectivity index (χ2v) is 9.31. The molecule has 0 saturated carbocycles. The van der Waals surface area contributed by atoms with Crippen molar-refractivity contribution in [1.29, 1.82) is 0 Å². The van der Waals surface area contributed by atoms with Crippen LogP contribution in [-0.4, -0.2) is 33.0 Å². The Hall–Kier alpha value is -1.61. The molecule has 1 aromatic rings. The second kappa shape index (κ2) is 9.19. The zero-order valence-electron chi connectivity index (χ0n) is 15.3. The van der Waals surface area contributed by atoms with E-state index in [4.69, 9.17) is 4.74 Å². The third-order valence-corrected chi connectivity index (χ3v) is 5.11. The smallest absolute Gasteiger partial charge is 0.433 e. The molecule has 0 aliphatic heterocycles. The van der Waals surface area contributed by atoms with Gasteiger partial charge in [0.05, 0.1) is 16.5 Å². The minimum Gasteiger partial charge on any atom is -0.442 e. The van der Waals surface area contributed by atoms with Crippen molar-refractivity contribution in [2.75, 3.05) is 0 Å². The van der Waals surface area contributed by atoms with Gasteiger partial charge in [0, 0.05) is 17.3 Å². The van der Waals surface area contributed by atoms with Crippen molar-refractivity contribution < 1.29 is 18.5 Å². The molecule has 7 nitrogen and oxygen atoms in total. The summed E-state index contributed by atoms with van der Waals surface area (Å²) in [6.45, 7) is 10.8. The number of aryl methyl sites for hydroxylation is 1. The highest BCUT2D eigenvalue weighted by Crippen LogP contribution is 2.15. The fraction of sp³-hybridized carbons (Fsp3) is 0.625. The first-order chi connectivity index (χ1) is 11.5. The lowest BCUT2D eigenvalue weighted by Crippen LogP contribution is -2.23. The van der Waals surface area contributed by atoms with Crippen molar-refractivity contribution in [1.82, 2.24) is 4.98 Å². The van der Waals surface area contributed by atoms with Gasteiger partial charge in [0.2, 0.25) is 0 Å². The van der Waals surface area contributed by atoms with Crippen LogP contribution >= 0.6 is 11.3 Å². The van der Waals surface area contributed by atoms with Gasteiger partial charge >= 0.3 is 6.09 Å². The molecular weight excluding hydrogens is 362 g/mol. The first-order valence-corrected chi connectivity index (χ1v) is 9.99. The molecule has 1 aromatic heterocycles. The van der Waals surface area contributed by atoms with E-state index in [-0.39, 0.29) is 5.92 Å². The van der Waals surface area contributed by atoms with Gasteiger partial charge < -0.3 is 4.74 Å². The largest absolute Gasteiger partial charge is 0.442 e. The zero-order valence-corrected chi connectivity index (χ0v) is 17.1. The molecule has 0 radical (unpaired) electrons. The van der Waals surface area contributed by atoms with Crippen LogP contribution in [-0.2, 0) is 20.1 Å². The van der Waals surface area contributed by atoms with Gasteiger partial charge in [0.25, 0.3) is 5.91 Å². The molecule has 0 aliphatic rings. The lowest BCUT2D eigenvalue weighted by atomic mass is 9.98. The minimum absolute atomic E-state index is 0.175. The predicted octanol–water partition coefficient (Wildman–Crippen LogP) is 3.67. The number of nitrogens with zero attached hydrogens (tertiary/aromatic N) is 3. The molecule has 0 aliphatic carbocycles. The van der Waals surface area contributed by atoms with Gasteiger partial charge in [0.15, 0.2) is 4.34 Å². The topological polar surface area (TPSA) is 98.1 Å². The third kappa shape index (κ3) is 8.35. The highest BCUT2D eigenvalue weighted by atomic mass is 32.2. The first-order valence-electron chi connectivity index (χ1n) is 7.90. The molecule has 0 saturated heterocycles. The SMILES string of the molecule is Cc1csc(/[SH](=O)=N/C(=O)C(/C=N/C(=O)OC(C)(C)C)CC(C)C)n1. The molecule has 2 atom stereocenters. The summed E-state index contributed by atoms with van der Waals surface area (Å²) >= 11 is 1.20. The van der Waals surface area contributed by atoms with E-state index in [1.807, 2.05) is 13.8 Å². The standard InChI is InChI=1S/C16H25N3O4S2/c1-10(2)7-12(8-17-14(21)23-16(4,5)6)13(20)19-25(22)15-18-11(3)9-24-15/h8-10,12,25H,7H2,1-6H3/b17-8+. The summed E-state index contributed by atoms with van der Waals surface area (Å²) < 4.78 is 21.3. The molecule has 0 bridgehead atoms. The molecule has 9 heteroatoms. The maximum absolute atomic E-state index is 12.4. The first kappa shape index (κ1) is 21.4. The van der Waals surface area contributed by atoms with Gasteiger partial charge in [-0.15, -0.1) is 11.3 Å². The van der Waals surface area contributed by atoms with Crippen LogP contribution in [0.2, 0.25) is 0 Å². The summed E-state index contributed by atoms with van der Waals surface area (Å²) in [5, 5.41) is 1.75. The predicted molar refractivity (Wildman–Crippen MR) is 99.8 cm³/mol. The molecule has 1 rings (SSSR count). The summed E-state index contributed by atoms with van der Waals surface area (Å²) in [6, 6.07) is 0. The van der Waals surface area contributed by atoms with E-state index in [1.165, 1.54) is 17.6 Å². The number of carbonyl (C=O) groups excluding carboxylic acids is 2. The molecule has 0 N–H and O–H groups in total. The van der Waals surface area contributed by atoms with Crippen LogP contribution in [0.1, 0.15) is 46.7 Å². The van der Waals surface area contributed by atoms with E-state index in [0.29, 0.717) is 10.8 Å². The van der Waals surface area contributed by atoms with Crippen molar-refractivity contribution in [3.63, 3.8) is 0 Å². The van der Waals surface area contributed by atoms with E-state index in [0.717, 1.165) is 5.69 Å². The Morgan fingerprint density at radius 2 is 2.04 bits per heavy atom. The molecule has 140 valence electrons. The van der Waals surface area contributed by atoms with Crippen LogP contribution in [0.25, 0.3) is 0 Å². The number of aromatic nitrogens is 1. The van der Waals surface area contributed by atoms with Gasteiger partial charge in [-0.1, -0.05) is 13.8 Å². The van der Waals surface area contributed by atoms with E-state index in [9.17, 15) is 13.8 Å². The van der Waals surface area contributed by atoms with Crippen molar-refractivity contribution in [3.05, 3.63) is 11.1 Å². The number of thiazole rings is 1. The van der Waals surface area contributed by atoms with Crippen LogP contribution in [0.3, 0.4) is 0 Å². The Morgan fingerprint density at radius 3 is 2.52 bits per heavy atom. The molecule has 2 amide bonds. The van der Waals surface area contributed by atoms with Crippen molar-refractivity contribution in [2.45, 2.75) is 57.9 Å². The van der Waals surface area contributed by atoms with Gasteiger partial charge in [-0.25, -0.2) is 14.0 Å². The summed E-state index contributed by atoms with van der Waals surface area (Å²) in [5.74, 6) is -1.13. The summed E-state index contributed by atoms with van der Waals surface area (Å²) in [6.07, 6.45) is 0.902. The highest BCUT2D eigenvalue weighted by Gasteiger charge is 2.20. The van der Waals surface area contributed by atoms with Gasteiger partial charge in [-0.3, -0.25) is 4.79 Å². The highest BCUT2D eigenvalue weighted by molar-refractivity contribution is 7.77. The minimum atomic E-state index is -2.24. The van der Waals surface area contributed by atoms with E-state index in [2.05, 4.69) is 14.3 Å². The number of thiol groups is 1. The van der Waals surface area contributed by atoms with Crippen molar-refractivity contribution >= 4 is 40.1 Å². The lowest BCUT2D eigenvalue weighted by molar-refractivity contribution is -0.119. The fourth-order valence-corrected chi connectivity index (χ4v) is 3.63. The van der Waals surface area contributed by atoms with Gasteiger partial charge in [-0.05, 0) is 40.0 Å². The maximum Gasteiger partial charge on any atom is 0.433 e. The molecule has 0 fully saturated rings. The molecule has 25 heavy (non-hydrogen) atoms. The van der Waals surface area contributed by atoms with Crippen LogP contribution in [0.4, 0.5) is 4.79 Å². The molecule has 1 heterocycles. The number of rotatable bonds is 5. The Bertz CT molecular complexity index is 726. The Balaban J connectivity index is 2.92. The van der Waals surface area contributed by atoms with Crippen LogP contribution in [0.5, 0.6) is 0 Å². The molecule has 2 unspecified atom stereocenters. The lowest BCUT2D eigenvalue weighted by Gasteiger charge is -2.17. The van der Waals surface area contributed by atoms with Crippen LogP contribution in [0.15, 0.2) is 19.1 Å². The Morgan fingerprint density at radius 1 is 1.40 bits per heavy atom. The van der Waals surface area contributed by atoms with Crippen LogP contribution in [0, 0.1) is 18.8 Å². The number of carbonyl (C=O) groups is 2. The molecule has 0 spiro atoms. The fourth-order valence-electron chi connectivity index (χ4n) is 1.81.